The van der Waals surface area contributed by atoms with Crippen molar-refractivity contribution in [2.24, 2.45) is 0 Å². The van der Waals surface area contributed by atoms with Gasteiger partial charge in [-0.2, -0.15) is 0 Å². The van der Waals surface area contributed by atoms with Crippen molar-refractivity contribution in [3.63, 3.8) is 0 Å². The van der Waals surface area contributed by atoms with Gasteiger partial charge >= 0.3 is 0 Å². The first-order valence-corrected chi connectivity index (χ1v) is 5.29. The van der Waals surface area contributed by atoms with Crippen molar-refractivity contribution in [2.75, 3.05) is 7.11 Å². The van der Waals surface area contributed by atoms with Crippen LogP contribution in [0, 0.1) is 5.82 Å². The molecule has 2 rings (SSSR count). The van der Waals surface area contributed by atoms with Gasteiger partial charge in [0.2, 0.25) is 0 Å². The molecule has 0 aliphatic heterocycles. The minimum Gasteiger partial charge on any atom is -0.507 e. The van der Waals surface area contributed by atoms with E-state index in [4.69, 9.17) is 4.74 Å². The summed E-state index contributed by atoms with van der Waals surface area (Å²) in [4.78, 5) is 12.1. The van der Waals surface area contributed by atoms with Crippen LogP contribution in [0.15, 0.2) is 42.5 Å². The number of rotatable bonds is 3. The molecule has 0 saturated carbocycles. The predicted molar refractivity (Wildman–Crippen MR) is 64.5 cm³/mol. The molecule has 0 spiro atoms. The molecule has 0 bridgehead atoms. The smallest absolute Gasteiger partial charge is 0.196 e. The number of hydrogen-bond acceptors (Lipinski definition) is 3. The van der Waals surface area contributed by atoms with Gasteiger partial charge in [0.05, 0.1) is 12.7 Å². The molecule has 0 saturated heterocycles. The summed E-state index contributed by atoms with van der Waals surface area (Å²) in [7, 11) is 1.47. The van der Waals surface area contributed by atoms with Gasteiger partial charge in [-0.1, -0.05) is 0 Å². The number of phenols is 1. The SMILES string of the molecule is COc1ccc(O)c(C(=O)c2ccc(F)cc2)c1. The van der Waals surface area contributed by atoms with Crippen LogP contribution in [0.5, 0.6) is 11.5 Å². The lowest BCUT2D eigenvalue weighted by Gasteiger charge is -2.06. The van der Waals surface area contributed by atoms with E-state index in [0.717, 1.165) is 0 Å². The maximum Gasteiger partial charge on any atom is 0.196 e. The molecular formula is C14H11FO3. The molecule has 2 aromatic carbocycles. The Labute approximate surface area is 103 Å². The predicted octanol–water partition coefficient (Wildman–Crippen LogP) is 2.77. The van der Waals surface area contributed by atoms with Crippen LogP contribution < -0.4 is 4.74 Å². The summed E-state index contributed by atoms with van der Waals surface area (Å²) < 4.78 is 17.8. The van der Waals surface area contributed by atoms with Crippen molar-refractivity contribution < 1.29 is 19.0 Å². The highest BCUT2D eigenvalue weighted by atomic mass is 19.1. The standard InChI is InChI=1S/C14H11FO3/c1-18-11-6-7-13(16)12(8-11)14(17)9-2-4-10(15)5-3-9/h2-8,16H,1H3. The van der Waals surface area contributed by atoms with E-state index in [0.29, 0.717) is 11.3 Å². The van der Waals surface area contributed by atoms with Gasteiger partial charge in [-0.15, -0.1) is 0 Å². The van der Waals surface area contributed by atoms with Crippen LogP contribution in [-0.4, -0.2) is 18.0 Å². The Hall–Kier alpha value is -2.36. The van der Waals surface area contributed by atoms with Crippen molar-refractivity contribution >= 4 is 5.78 Å². The third-order valence-electron chi connectivity index (χ3n) is 2.55. The number of methoxy groups -OCH3 is 1. The minimum absolute atomic E-state index is 0.126. The largest absolute Gasteiger partial charge is 0.507 e. The number of carbonyl (C=O) groups excluding carboxylic acids is 1. The van der Waals surface area contributed by atoms with Crippen LogP contribution in [0.4, 0.5) is 4.39 Å². The molecule has 0 amide bonds. The van der Waals surface area contributed by atoms with E-state index in [-0.39, 0.29) is 17.1 Å². The van der Waals surface area contributed by atoms with Gasteiger partial charge in [-0.05, 0) is 42.5 Å². The molecule has 0 aliphatic rings. The molecule has 4 heteroatoms. The van der Waals surface area contributed by atoms with Gasteiger partial charge in [-0.3, -0.25) is 4.79 Å². The zero-order valence-electron chi connectivity index (χ0n) is 9.68. The van der Waals surface area contributed by atoms with Crippen LogP contribution in [-0.2, 0) is 0 Å². The van der Waals surface area contributed by atoms with Crippen molar-refractivity contribution in [3.05, 3.63) is 59.4 Å². The number of halogens is 1. The highest BCUT2D eigenvalue weighted by Gasteiger charge is 2.14. The Balaban J connectivity index is 2.42. The van der Waals surface area contributed by atoms with Crippen molar-refractivity contribution in [1.29, 1.82) is 0 Å². The summed E-state index contributed by atoms with van der Waals surface area (Å²) >= 11 is 0. The van der Waals surface area contributed by atoms with Crippen molar-refractivity contribution in [3.8, 4) is 11.5 Å². The Morgan fingerprint density at radius 3 is 2.44 bits per heavy atom. The first-order chi connectivity index (χ1) is 8.61. The van der Waals surface area contributed by atoms with Crippen LogP contribution in [0.25, 0.3) is 0 Å². The first kappa shape index (κ1) is 12.1. The average molecular weight is 246 g/mol. The molecule has 3 nitrogen and oxygen atoms in total. The molecule has 1 N–H and O–H groups in total. The number of ether oxygens (including phenoxy) is 1. The normalized spacial score (nSPS) is 10.1. The molecule has 0 unspecified atom stereocenters. The highest BCUT2D eigenvalue weighted by molar-refractivity contribution is 6.10. The molecule has 0 fully saturated rings. The van der Waals surface area contributed by atoms with Gasteiger partial charge in [0.15, 0.2) is 5.78 Å². The second kappa shape index (κ2) is 4.87. The van der Waals surface area contributed by atoms with Crippen molar-refractivity contribution in [1.82, 2.24) is 0 Å². The average Bonchev–Trinajstić information content (AvgIpc) is 2.39. The van der Waals surface area contributed by atoms with Gasteiger partial charge in [0, 0.05) is 5.56 Å². The van der Waals surface area contributed by atoms with E-state index >= 15 is 0 Å². The maximum absolute atomic E-state index is 12.8. The maximum atomic E-state index is 12.8. The molecule has 18 heavy (non-hydrogen) atoms. The molecule has 92 valence electrons. The second-order valence-corrected chi connectivity index (χ2v) is 3.72. The topological polar surface area (TPSA) is 46.5 Å². The lowest BCUT2D eigenvalue weighted by Crippen LogP contribution is -2.02. The Morgan fingerprint density at radius 2 is 1.83 bits per heavy atom. The summed E-state index contributed by atoms with van der Waals surface area (Å²) in [6.45, 7) is 0. The molecule has 0 heterocycles. The molecule has 0 aromatic heterocycles. The van der Waals surface area contributed by atoms with Gasteiger partial charge in [0.25, 0.3) is 0 Å². The molecule has 0 atom stereocenters. The van der Waals surface area contributed by atoms with E-state index < -0.39 is 5.82 Å². The zero-order valence-corrected chi connectivity index (χ0v) is 9.68. The summed E-state index contributed by atoms with van der Waals surface area (Å²) in [6.07, 6.45) is 0. The third kappa shape index (κ3) is 2.32. The zero-order chi connectivity index (χ0) is 13.1. The number of hydrogen-bond donors (Lipinski definition) is 1. The van der Waals surface area contributed by atoms with Gasteiger partial charge in [0.1, 0.15) is 17.3 Å². The van der Waals surface area contributed by atoms with E-state index in [2.05, 4.69) is 0 Å². The van der Waals surface area contributed by atoms with E-state index in [1.807, 2.05) is 0 Å². The molecule has 2 aromatic rings. The fourth-order valence-corrected chi connectivity index (χ4v) is 1.58. The van der Waals surface area contributed by atoms with Crippen LogP contribution in [0.1, 0.15) is 15.9 Å². The Bertz CT molecular complexity index is 576. The molecular weight excluding hydrogens is 235 g/mol. The van der Waals surface area contributed by atoms with E-state index in [9.17, 15) is 14.3 Å². The fraction of sp³-hybridized carbons (Fsp3) is 0.0714. The third-order valence-corrected chi connectivity index (χ3v) is 2.55. The number of aromatic hydroxyl groups is 1. The second-order valence-electron chi connectivity index (χ2n) is 3.72. The summed E-state index contributed by atoms with van der Waals surface area (Å²) in [5, 5.41) is 9.67. The van der Waals surface area contributed by atoms with Gasteiger partial charge < -0.3 is 9.84 Å². The monoisotopic (exact) mass is 246 g/mol. The summed E-state index contributed by atoms with van der Waals surface area (Å²) in [6, 6.07) is 9.52. The summed E-state index contributed by atoms with van der Waals surface area (Å²) in [5.74, 6) is -0.462. The molecule has 0 radical (unpaired) electrons. The van der Waals surface area contributed by atoms with E-state index in [1.165, 1.54) is 43.5 Å². The number of carbonyl (C=O) groups is 1. The van der Waals surface area contributed by atoms with Crippen LogP contribution in [0.3, 0.4) is 0 Å². The van der Waals surface area contributed by atoms with E-state index in [1.54, 1.807) is 6.07 Å². The van der Waals surface area contributed by atoms with Gasteiger partial charge in [-0.25, -0.2) is 4.39 Å². The number of benzene rings is 2. The Kier molecular flexibility index (Phi) is 3.28. The summed E-state index contributed by atoms with van der Waals surface area (Å²) in [5.41, 5.74) is 0.431. The fourth-order valence-electron chi connectivity index (χ4n) is 1.58. The Morgan fingerprint density at radius 1 is 1.17 bits per heavy atom. The van der Waals surface area contributed by atoms with Crippen molar-refractivity contribution in [2.45, 2.75) is 0 Å². The lowest BCUT2D eigenvalue weighted by atomic mass is 10.0. The molecule has 0 aliphatic carbocycles. The first-order valence-electron chi connectivity index (χ1n) is 5.29. The van der Waals surface area contributed by atoms with Crippen LogP contribution in [0.2, 0.25) is 0 Å². The quantitative estimate of drug-likeness (QED) is 0.847. The van der Waals surface area contributed by atoms with Crippen LogP contribution >= 0.6 is 0 Å². The minimum atomic E-state index is -0.415. The number of ketones is 1. The lowest BCUT2D eigenvalue weighted by molar-refractivity contribution is 0.103. The highest BCUT2D eigenvalue weighted by Crippen LogP contribution is 2.25. The number of phenolic OH excluding ortho intramolecular Hbond substituents is 1.